The Morgan fingerprint density at radius 2 is 1.68 bits per heavy atom. The molecule has 0 fully saturated rings. The van der Waals surface area contributed by atoms with Gasteiger partial charge in [0.1, 0.15) is 5.75 Å². The van der Waals surface area contributed by atoms with Gasteiger partial charge in [-0.1, -0.05) is 31.2 Å². The lowest BCUT2D eigenvalue weighted by Crippen LogP contribution is -2.22. The third-order valence-corrected chi connectivity index (χ3v) is 3.48. The van der Waals surface area contributed by atoms with Crippen LogP contribution < -0.4 is 11.1 Å². The molecule has 0 aliphatic heterocycles. The Hall–Kier alpha value is -2.49. The van der Waals surface area contributed by atoms with Crippen molar-refractivity contribution in [2.24, 2.45) is 10.7 Å². The van der Waals surface area contributed by atoms with Gasteiger partial charge in [-0.2, -0.15) is 0 Å². The number of aryl methyl sites for hydroxylation is 2. The van der Waals surface area contributed by atoms with Crippen LogP contribution in [0.1, 0.15) is 24.5 Å². The number of phenolic OH excluding ortho intramolecular Hbond substituents is 1. The average Bonchev–Trinajstić information content (AvgIpc) is 2.54. The van der Waals surface area contributed by atoms with Gasteiger partial charge in [0.05, 0.1) is 0 Å². The molecule has 0 bridgehead atoms. The molecule has 2 aromatic carbocycles. The summed E-state index contributed by atoms with van der Waals surface area (Å²) in [6.45, 7) is 2.80. The van der Waals surface area contributed by atoms with Gasteiger partial charge in [-0.3, -0.25) is 4.99 Å². The molecular formula is C18H23N3O. The van der Waals surface area contributed by atoms with Gasteiger partial charge in [0.15, 0.2) is 5.96 Å². The zero-order chi connectivity index (χ0) is 15.8. The van der Waals surface area contributed by atoms with Crippen LogP contribution in [-0.2, 0) is 12.8 Å². The Kier molecular flexibility index (Phi) is 5.83. The zero-order valence-electron chi connectivity index (χ0n) is 12.9. The number of hydrogen-bond acceptors (Lipinski definition) is 2. The Labute approximate surface area is 131 Å². The number of guanidine groups is 1. The lowest BCUT2D eigenvalue weighted by Gasteiger charge is -2.06. The van der Waals surface area contributed by atoms with E-state index in [9.17, 15) is 5.11 Å². The van der Waals surface area contributed by atoms with Crippen LogP contribution in [0.4, 0.5) is 5.69 Å². The summed E-state index contributed by atoms with van der Waals surface area (Å²) < 4.78 is 0. The maximum Gasteiger partial charge on any atom is 0.193 e. The number of benzene rings is 2. The van der Waals surface area contributed by atoms with Crippen LogP contribution in [0.3, 0.4) is 0 Å². The summed E-state index contributed by atoms with van der Waals surface area (Å²) in [5.41, 5.74) is 9.33. The second kappa shape index (κ2) is 8.08. The van der Waals surface area contributed by atoms with Crippen molar-refractivity contribution >= 4 is 11.6 Å². The third kappa shape index (κ3) is 5.13. The smallest absolute Gasteiger partial charge is 0.193 e. The second-order valence-electron chi connectivity index (χ2n) is 5.21. The predicted octanol–water partition coefficient (Wildman–Crippen LogP) is 3.31. The average molecular weight is 297 g/mol. The molecule has 2 aromatic rings. The van der Waals surface area contributed by atoms with Crippen molar-refractivity contribution in [3.63, 3.8) is 0 Å². The molecule has 22 heavy (non-hydrogen) atoms. The van der Waals surface area contributed by atoms with E-state index in [1.807, 2.05) is 24.3 Å². The van der Waals surface area contributed by atoms with Crippen LogP contribution in [0.2, 0.25) is 0 Å². The van der Waals surface area contributed by atoms with Crippen LogP contribution in [0.15, 0.2) is 53.5 Å². The summed E-state index contributed by atoms with van der Waals surface area (Å²) in [5, 5.41) is 12.3. The molecule has 0 aromatic heterocycles. The van der Waals surface area contributed by atoms with Crippen molar-refractivity contribution in [2.45, 2.75) is 26.2 Å². The minimum absolute atomic E-state index is 0.296. The molecule has 0 unspecified atom stereocenters. The molecule has 2 rings (SSSR count). The van der Waals surface area contributed by atoms with Crippen molar-refractivity contribution in [1.82, 2.24) is 0 Å². The molecule has 4 nitrogen and oxygen atoms in total. The maximum atomic E-state index is 9.23. The highest BCUT2D eigenvalue weighted by atomic mass is 16.3. The topological polar surface area (TPSA) is 70.6 Å². The molecule has 0 saturated carbocycles. The molecule has 0 aliphatic rings. The van der Waals surface area contributed by atoms with E-state index in [0.717, 1.165) is 24.9 Å². The minimum Gasteiger partial charge on any atom is -0.508 e. The number of nitrogens with one attached hydrogen (secondary N) is 1. The van der Waals surface area contributed by atoms with E-state index < -0.39 is 0 Å². The monoisotopic (exact) mass is 297 g/mol. The lowest BCUT2D eigenvalue weighted by atomic mass is 10.1. The first-order valence-electron chi connectivity index (χ1n) is 7.61. The van der Waals surface area contributed by atoms with E-state index in [2.05, 4.69) is 29.4 Å². The Bertz CT molecular complexity index is 603. The first-order valence-corrected chi connectivity index (χ1v) is 7.61. The summed E-state index contributed by atoms with van der Waals surface area (Å²) >= 11 is 0. The van der Waals surface area contributed by atoms with Gasteiger partial charge in [-0.15, -0.1) is 0 Å². The fourth-order valence-electron chi connectivity index (χ4n) is 2.16. The van der Waals surface area contributed by atoms with Crippen molar-refractivity contribution in [3.05, 3.63) is 59.7 Å². The van der Waals surface area contributed by atoms with Crippen molar-refractivity contribution in [2.75, 3.05) is 11.9 Å². The summed E-state index contributed by atoms with van der Waals surface area (Å²) in [6.07, 6.45) is 2.87. The predicted molar refractivity (Wildman–Crippen MR) is 92.4 cm³/mol. The Balaban J connectivity index is 1.76. The first-order chi connectivity index (χ1) is 10.7. The molecule has 0 atom stereocenters. The van der Waals surface area contributed by atoms with Gasteiger partial charge < -0.3 is 16.2 Å². The van der Waals surface area contributed by atoms with Gasteiger partial charge in [0.2, 0.25) is 0 Å². The highest BCUT2D eigenvalue weighted by molar-refractivity contribution is 5.92. The maximum absolute atomic E-state index is 9.23. The van der Waals surface area contributed by atoms with Crippen molar-refractivity contribution < 1.29 is 5.11 Å². The summed E-state index contributed by atoms with van der Waals surface area (Å²) in [4.78, 5) is 4.33. The summed E-state index contributed by atoms with van der Waals surface area (Å²) in [5.74, 6) is 0.735. The zero-order valence-corrected chi connectivity index (χ0v) is 12.9. The molecule has 116 valence electrons. The van der Waals surface area contributed by atoms with Crippen molar-refractivity contribution in [1.29, 1.82) is 0 Å². The summed E-state index contributed by atoms with van der Waals surface area (Å²) in [6, 6.07) is 15.4. The van der Waals surface area contributed by atoms with E-state index in [1.165, 1.54) is 11.1 Å². The number of aromatic hydroxyl groups is 1. The molecule has 0 saturated heterocycles. The van der Waals surface area contributed by atoms with Crippen LogP contribution in [0.25, 0.3) is 0 Å². The van der Waals surface area contributed by atoms with Gasteiger partial charge in [-0.25, -0.2) is 0 Å². The van der Waals surface area contributed by atoms with E-state index in [0.29, 0.717) is 18.3 Å². The number of hydrogen-bond donors (Lipinski definition) is 3. The normalized spacial score (nSPS) is 11.4. The van der Waals surface area contributed by atoms with Crippen LogP contribution in [0, 0.1) is 0 Å². The number of nitrogens with zero attached hydrogens (tertiary/aromatic N) is 1. The lowest BCUT2D eigenvalue weighted by molar-refractivity contribution is 0.475. The fraction of sp³-hybridized carbons (Fsp3) is 0.278. The fourth-order valence-corrected chi connectivity index (χ4v) is 2.16. The molecule has 0 radical (unpaired) electrons. The van der Waals surface area contributed by atoms with Gasteiger partial charge >= 0.3 is 0 Å². The minimum atomic E-state index is 0.296. The van der Waals surface area contributed by atoms with Crippen LogP contribution >= 0.6 is 0 Å². The third-order valence-electron chi connectivity index (χ3n) is 3.48. The Morgan fingerprint density at radius 3 is 2.32 bits per heavy atom. The van der Waals surface area contributed by atoms with Gasteiger partial charge in [0.25, 0.3) is 0 Å². The van der Waals surface area contributed by atoms with Crippen LogP contribution in [-0.4, -0.2) is 17.6 Å². The molecular weight excluding hydrogens is 274 g/mol. The quantitative estimate of drug-likeness (QED) is 0.435. The number of aliphatic imine (C=N–C) groups is 1. The van der Waals surface area contributed by atoms with Gasteiger partial charge in [0, 0.05) is 12.2 Å². The molecule has 0 spiro atoms. The van der Waals surface area contributed by atoms with E-state index in [-0.39, 0.29) is 0 Å². The number of rotatable bonds is 6. The van der Waals surface area contributed by atoms with E-state index in [4.69, 9.17) is 5.73 Å². The SMILES string of the molecule is CCc1ccc(NC(N)=NCCCc2ccc(O)cc2)cc1. The first kappa shape index (κ1) is 15.9. The molecule has 0 heterocycles. The highest BCUT2D eigenvalue weighted by Gasteiger charge is 1.97. The number of nitrogens with two attached hydrogens (primary N) is 1. The molecule has 4 N–H and O–H groups in total. The highest BCUT2D eigenvalue weighted by Crippen LogP contribution is 2.11. The molecule has 0 amide bonds. The largest absolute Gasteiger partial charge is 0.508 e. The van der Waals surface area contributed by atoms with E-state index in [1.54, 1.807) is 12.1 Å². The van der Waals surface area contributed by atoms with E-state index >= 15 is 0 Å². The van der Waals surface area contributed by atoms with Crippen molar-refractivity contribution in [3.8, 4) is 5.75 Å². The number of phenols is 1. The molecule has 0 aliphatic carbocycles. The summed E-state index contributed by atoms with van der Waals surface area (Å²) in [7, 11) is 0. The molecule has 4 heteroatoms. The standard InChI is InChI=1S/C18H23N3O/c1-2-14-5-9-16(10-6-14)21-18(19)20-13-3-4-15-7-11-17(22)12-8-15/h5-12,22H,2-4,13H2,1H3,(H3,19,20,21). The van der Waals surface area contributed by atoms with Gasteiger partial charge in [-0.05, 0) is 54.7 Å². The van der Waals surface area contributed by atoms with Crippen LogP contribution in [0.5, 0.6) is 5.75 Å². The number of anilines is 1. The Morgan fingerprint density at radius 1 is 1.05 bits per heavy atom. The second-order valence-corrected chi connectivity index (χ2v) is 5.21.